The van der Waals surface area contributed by atoms with E-state index >= 15 is 0 Å². The van der Waals surface area contributed by atoms with Crippen molar-refractivity contribution >= 4 is 0 Å². The second-order valence-electron chi connectivity index (χ2n) is 4.12. The Morgan fingerprint density at radius 2 is 2.13 bits per heavy atom. The Hall–Kier alpha value is -1.68. The van der Waals surface area contributed by atoms with E-state index in [1.165, 1.54) is 0 Å². The molecule has 4 nitrogen and oxygen atoms in total. The SMILES string of the molecule is CC(C)(N)c1cccc(-n2ccnn2)c1. The van der Waals surface area contributed by atoms with Crippen molar-refractivity contribution in [2.75, 3.05) is 0 Å². The van der Waals surface area contributed by atoms with Crippen LogP contribution in [0.15, 0.2) is 36.7 Å². The van der Waals surface area contributed by atoms with E-state index in [0.29, 0.717) is 0 Å². The summed E-state index contributed by atoms with van der Waals surface area (Å²) in [6, 6.07) is 7.99. The van der Waals surface area contributed by atoms with Crippen LogP contribution in [0.1, 0.15) is 19.4 Å². The third-order valence-corrected chi connectivity index (χ3v) is 2.28. The van der Waals surface area contributed by atoms with Gasteiger partial charge in [0, 0.05) is 5.54 Å². The van der Waals surface area contributed by atoms with Gasteiger partial charge < -0.3 is 5.73 Å². The molecule has 0 fully saturated rings. The summed E-state index contributed by atoms with van der Waals surface area (Å²) in [5.74, 6) is 0. The third kappa shape index (κ3) is 2.05. The van der Waals surface area contributed by atoms with E-state index in [1.54, 1.807) is 10.9 Å². The van der Waals surface area contributed by atoms with Gasteiger partial charge in [0.25, 0.3) is 0 Å². The number of nitrogens with two attached hydrogens (primary N) is 1. The molecule has 0 aliphatic carbocycles. The van der Waals surface area contributed by atoms with Crippen molar-refractivity contribution in [1.29, 1.82) is 0 Å². The molecule has 1 heterocycles. The molecule has 0 spiro atoms. The Morgan fingerprint density at radius 3 is 2.73 bits per heavy atom. The van der Waals surface area contributed by atoms with Crippen LogP contribution in [0, 0.1) is 0 Å². The van der Waals surface area contributed by atoms with Gasteiger partial charge in [-0.25, -0.2) is 4.68 Å². The largest absolute Gasteiger partial charge is 0.322 e. The molecule has 78 valence electrons. The van der Waals surface area contributed by atoms with E-state index in [9.17, 15) is 0 Å². The van der Waals surface area contributed by atoms with Crippen LogP contribution >= 0.6 is 0 Å². The molecule has 2 rings (SSSR count). The van der Waals surface area contributed by atoms with Gasteiger partial charge >= 0.3 is 0 Å². The van der Waals surface area contributed by atoms with Crippen LogP contribution in [0.2, 0.25) is 0 Å². The first kappa shape index (κ1) is 9.86. The molecule has 0 unspecified atom stereocenters. The Bertz CT molecular complexity index is 440. The number of nitrogens with zero attached hydrogens (tertiary/aromatic N) is 3. The maximum atomic E-state index is 6.03. The summed E-state index contributed by atoms with van der Waals surface area (Å²) < 4.78 is 1.72. The molecule has 15 heavy (non-hydrogen) atoms. The highest BCUT2D eigenvalue weighted by Gasteiger charge is 2.14. The average Bonchev–Trinajstić information content (AvgIpc) is 2.69. The monoisotopic (exact) mass is 202 g/mol. The van der Waals surface area contributed by atoms with Gasteiger partial charge in [0.15, 0.2) is 0 Å². The lowest BCUT2D eigenvalue weighted by molar-refractivity contribution is 0.553. The van der Waals surface area contributed by atoms with Crippen LogP contribution in [0.5, 0.6) is 0 Å². The van der Waals surface area contributed by atoms with E-state index in [2.05, 4.69) is 10.3 Å². The van der Waals surface area contributed by atoms with Crippen LogP contribution in [-0.4, -0.2) is 15.0 Å². The second-order valence-corrected chi connectivity index (χ2v) is 4.12. The normalized spacial score (nSPS) is 11.7. The first-order valence-electron chi connectivity index (χ1n) is 4.83. The Morgan fingerprint density at radius 1 is 1.33 bits per heavy atom. The molecule has 0 amide bonds. The van der Waals surface area contributed by atoms with Crippen molar-refractivity contribution in [1.82, 2.24) is 15.0 Å². The van der Waals surface area contributed by atoms with Gasteiger partial charge in [-0.05, 0) is 31.5 Å². The number of benzene rings is 1. The van der Waals surface area contributed by atoms with Crippen LogP contribution in [0.3, 0.4) is 0 Å². The number of rotatable bonds is 2. The fraction of sp³-hybridized carbons (Fsp3) is 0.273. The van der Waals surface area contributed by atoms with E-state index in [4.69, 9.17) is 5.73 Å². The Balaban J connectivity index is 2.44. The zero-order chi connectivity index (χ0) is 10.9. The lowest BCUT2D eigenvalue weighted by Crippen LogP contribution is -2.28. The van der Waals surface area contributed by atoms with Gasteiger partial charge in [-0.1, -0.05) is 17.3 Å². The predicted molar refractivity (Wildman–Crippen MR) is 58.6 cm³/mol. The Labute approximate surface area is 88.7 Å². The van der Waals surface area contributed by atoms with E-state index in [-0.39, 0.29) is 5.54 Å². The molecule has 2 N–H and O–H groups in total. The minimum atomic E-state index is -0.337. The molecular weight excluding hydrogens is 188 g/mol. The fourth-order valence-electron chi connectivity index (χ4n) is 1.40. The van der Waals surface area contributed by atoms with E-state index in [1.807, 2.05) is 44.3 Å². The summed E-state index contributed by atoms with van der Waals surface area (Å²) in [6.45, 7) is 3.96. The number of aromatic nitrogens is 3. The predicted octanol–water partition coefficient (Wildman–Crippen LogP) is 1.46. The first-order chi connectivity index (χ1) is 7.07. The van der Waals surface area contributed by atoms with Gasteiger partial charge in [-0.2, -0.15) is 0 Å². The van der Waals surface area contributed by atoms with E-state index in [0.717, 1.165) is 11.3 Å². The molecule has 0 saturated carbocycles. The van der Waals surface area contributed by atoms with Crippen molar-refractivity contribution < 1.29 is 0 Å². The van der Waals surface area contributed by atoms with Crippen molar-refractivity contribution in [3.63, 3.8) is 0 Å². The summed E-state index contributed by atoms with van der Waals surface area (Å²) in [6.07, 6.45) is 3.46. The minimum Gasteiger partial charge on any atom is -0.322 e. The van der Waals surface area contributed by atoms with Gasteiger partial charge in [0.2, 0.25) is 0 Å². The molecule has 0 aliphatic heterocycles. The zero-order valence-corrected chi connectivity index (χ0v) is 8.88. The van der Waals surface area contributed by atoms with Crippen molar-refractivity contribution in [3.05, 3.63) is 42.2 Å². The standard InChI is InChI=1S/C11H14N4/c1-11(2,12)9-4-3-5-10(8-9)15-7-6-13-14-15/h3-8H,12H2,1-2H3. The maximum Gasteiger partial charge on any atom is 0.0697 e. The quantitative estimate of drug-likeness (QED) is 0.802. The molecule has 4 heteroatoms. The molecule has 2 aromatic rings. The van der Waals surface area contributed by atoms with Gasteiger partial charge in [0.05, 0.1) is 18.1 Å². The molecule has 1 aromatic heterocycles. The smallest absolute Gasteiger partial charge is 0.0697 e. The van der Waals surface area contributed by atoms with E-state index < -0.39 is 0 Å². The zero-order valence-electron chi connectivity index (χ0n) is 8.88. The van der Waals surface area contributed by atoms with Crippen LogP contribution in [0.25, 0.3) is 5.69 Å². The molecule has 0 atom stereocenters. The van der Waals surface area contributed by atoms with Gasteiger partial charge in [-0.15, -0.1) is 5.10 Å². The summed E-state index contributed by atoms with van der Waals surface area (Å²) >= 11 is 0. The van der Waals surface area contributed by atoms with Crippen molar-refractivity contribution in [2.24, 2.45) is 5.73 Å². The molecule has 0 saturated heterocycles. The van der Waals surface area contributed by atoms with Crippen molar-refractivity contribution in [3.8, 4) is 5.69 Å². The summed E-state index contributed by atoms with van der Waals surface area (Å²) in [5.41, 5.74) is 7.75. The molecule has 0 bridgehead atoms. The molecule has 0 radical (unpaired) electrons. The molecule has 0 aliphatic rings. The minimum absolute atomic E-state index is 0.337. The number of hydrogen-bond acceptors (Lipinski definition) is 3. The topological polar surface area (TPSA) is 56.7 Å². The fourth-order valence-corrected chi connectivity index (χ4v) is 1.40. The maximum absolute atomic E-state index is 6.03. The van der Waals surface area contributed by atoms with Gasteiger partial charge in [-0.3, -0.25) is 0 Å². The third-order valence-electron chi connectivity index (χ3n) is 2.28. The lowest BCUT2D eigenvalue weighted by atomic mass is 9.95. The Kier molecular flexibility index (Phi) is 2.28. The summed E-state index contributed by atoms with van der Waals surface area (Å²) in [4.78, 5) is 0. The highest BCUT2D eigenvalue weighted by molar-refractivity contribution is 5.37. The summed E-state index contributed by atoms with van der Waals surface area (Å²) in [5, 5.41) is 7.71. The highest BCUT2D eigenvalue weighted by Crippen LogP contribution is 2.19. The molecular formula is C11H14N4. The second kappa shape index (κ2) is 3.47. The average molecular weight is 202 g/mol. The lowest BCUT2D eigenvalue weighted by Gasteiger charge is -2.19. The number of hydrogen-bond donors (Lipinski definition) is 1. The van der Waals surface area contributed by atoms with Crippen LogP contribution in [0.4, 0.5) is 0 Å². The van der Waals surface area contributed by atoms with Gasteiger partial charge in [0.1, 0.15) is 0 Å². The van der Waals surface area contributed by atoms with Crippen LogP contribution in [-0.2, 0) is 5.54 Å². The van der Waals surface area contributed by atoms with Crippen LogP contribution < -0.4 is 5.73 Å². The molecule has 1 aromatic carbocycles. The first-order valence-corrected chi connectivity index (χ1v) is 4.83. The van der Waals surface area contributed by atoms with Crippen molar-refractivity contribution in [2.45, 2.75) is 19.4 Å². The highest BCUT2D eigenvalue weighted by atomic mass is 15.4. The summed E-state index contributed by atoms with van der Waals surface area (Å²) in [7, 11) is 0.